The molecule has 0 amide bonds. The molecule has 0 unspecified atom stereocenters. The summed E-state index contributed by atoms with van der Waals surface area (Å²) >= 11 is 0. The van der Waals surface area contributed by atoms with Crippen molar-refractivity contribution in [2.75, 3.05) is 39.3 Å². The first-order valence-corrected chi connectivity index (χ1v) is 46.9. The Morgan fingerprint density at radius 1 is 0.182 bits per heavy atom. The number of nitrogens with zero attached hydrogens (tertiary/aromatic N) is 6. The van der Waals surface area contributed by atoms with Crippen LogP contribution >= 0.6 is 0 Å². The molecular formula is C114H159MoN6. The van der Waals surface area contributed by atoms with E-state index in [0.29, 0.717) is 126 Å². The van der Waals surface area contributed by atoms with E-state index < -0.39 is 0 Å². The minimum atomic E-state index is 0. The second kappa shape index (κ2) is 43.9. The maximum absolute atomic E-state index is 6.00. The van der Waals surface area contributed by atoms with Crippen molar-refractivity contribution in [3.63, 3.8) is 0 Å². The van der Waals surface area contributed by atoms with Gasteiger partial charge in [0.05, 0.1) is 0 Å². The molecule has 9 aromatic carbocycles. The van der Waals surface area contributed by atoms with Crippen LogP contribution in [0.5, 0.6) is 0 Å². The summed E-state index contributed by atoms with van der Waals surface area (Å²) in [5.41, 5.74) is 44.3. The molecule has 0 aliphatic carbocycles. The fraction of sp³-hybridized carbons (Fsp3) is 0.526. The van der Waals surface area contributed by atoms with Gasteiger partial charge in [0.15, 0.2) is 0 Å². The van der Waals surface area contributed by atoms with E-state index in [4.69, 9.17) is 26.7 Å². The van der Waals surface area contributed by atoms with Crippen LogP contribution in [0.1, 0.15) is 456 Å². The minimum Gasteiger partial charge on any atom is -0.683 e. The van der Waals surface area contributed by atoms with Gasteiger partial charge in [-0.15, -0.1) is 36.7 Å². The second-order valence-corrected chi connectivity index (χ2v) is 41.0. The van der Waals surface area contributed by atoms with Gasteiger partial charge in [-0.05, 0) is 311 Å². The summed E-state index contributed by atoms with van der Waals surface area (Å²) in [7, 11) is 0. The summed E-state index contributed by atoms with van der Waals surface area (Å²) in [6.07, 6.45) is 0. The van der Waals surface area contributed by atoms with Gasteiger partial charge in [-0.2, -0.15) is 0 Å². The third kappa shape index (κ3) is 24.1. The standard InChI is InChI=1S/C114H159N4.Mo.N2/c1-64(2)82-52-97(70(13)14)109(98(53-82)71(15)16)88-43-89(110-99(72(17)18)54-83(65(3)4)55-100(110)73(19)20)47-94(46-88)115-37-40-118(41-38-116-95-48-90(111-101(74(21)22)56-84(66(5)6)57-102(111)75(23)24)44-91(49-95)112-103(76(25)26)58-85(67(7)8)59-104(112)77(27)28)42-39-117-96-50-92(113-105(78(29)30)60-86(68(9)10)61-106(113)79(31)32)45-93(51-96)114-107(80(33)34)62-87(69(11)12)63-108(114)81(35)36;;1-2/h43-81H,37-42H2,1-36H3;;/q-3;+3;. The molecule has 0 aromatic heterocycles. The molecule has 6 nitrogen and oxygen atoms in total. The zero-order chi connectivity index (χ0) is 89.2. The van der Waals surface area contributed by atoms with Crippen molar-refractivity contribution in [2.45, 2.75) is 356 Å². The van der Waals surface area contributed by atoms with Crippen molar-refractivity contribution in [2.24, 2.45) is 0 Å². The van der Waals surface area contributed by atoms with E-state index in [1.165, 1.54) is 167 Å². The van der Waals surface area contributed by atoms with Gasteiger partial charge in [-0.1, -0.05) is 358 Å². The molecule has 651 valence electrons. The van der Waals surface area contributed by atoms with Crippen molar-refractivity contribution in [1.29, 1.82) is 10.8 Å². The Hall–Kier alpha value is -7.55. The Morgan fingerprint density at radius 3 is 0.397 bits per heavy atom. The Labute approximate surface area is 753 Å². The SMILES string of the molecule is CC(C)c1cc(C(C)C)c(-c2cc([N-]CCN(CC[N-]c3cc(-c4c(C(C)C)cc(C(C)C)cc4C(C)C)cc(-c4c(C(C)C)cc(C(C)C)cc4C(C)C)c3)CC[N-]c3cc(-c4c(C(C)C)cc(C(C)C)cc4C(C)C)cc(-c4c(C(C)C)cc(C(C)C)cc4C(C)C)c3)cc(-c3c(C(C)C)cc(C(C)C)cc3C(C)C)c2)c(C(C)C)c1.N#N.[Mo+3]. The Morgan fingerprint density at radius 2 is 0.298 bits per heavy atom. The molecule has 0 aliphatic rings. The first-order chi connectivity index (χ1) is 56.4. The molecule has 0 heterocycles. The summed E-state index contributed by atoms with van der Waals surface area (Å²) < 4.78 is 0. The van der Waals surface area contributed by atoms with Crippen LogP contribution in [0.25, 0.3) is 82.7 Å². The van der Waals surface area contributed by atoms with Gasteiger partial charge in [0, 0.05) is 10.8 Å². The molecule has 0 saturated heterocycles. The summed E-state index contributed by atoms with van der Waals surface area (Å²) in [6, 6.07) is 52.6. The number of rotatable bonds is 36. The molecule has 0 fully saturated rings. The molecular weight excluding hydrogens is 1550 g/mol. The Balaban J connectivity index is 0.00000667. The maximum Gasteiger partial charge on any atom is 3.00 e. The zero-order valence-electron chi connectivity index (χ0n) is 82.4. The normalized spacial score (nSPS) is 12.2. The van der Waals surface area contributed by atoms with Crippen molar-refractivity contribution in [3.05, 3.63) is 243 Å². The molecule has 0 N–H and O–H groups in total. The van der Waals surface area contributed by atoms with Crippen molar-refractivity contribution in [3.8, 4) is 66.8 Å². The van der Waals surface area contributed by atoms with Gasteiger partial charge in [0.25, 0.3) is 0 Å². The predicted molar refractivity (Wildman–Crippen MR) is 529 cm³/mol. The van der Waals surface area contributed by atoms with Crippen LogP contribution in [0.2, 0.25) is 0 Å². The van der Waals surface area contributed by atoms with Gasteiger partial charge >= 0.3 is 21.1 Å². The van der Waals surface area contributed by atoms with Crippen LogP contribution in [0.3, 0.4) is 0 Å². The fourth-order valence-corrected chi connectivity index (χ4v) is 18.0. The smallest absolute Gasteiger partial charge is 0.683 e. The van der Waals surface area contributed by atoms with Crippen LogP contribution in [0.4, 0.5) is 17.1 Å². The molecule has 121 heavy (non-hydrogen) atoms. The number of hydrogen-bond acceptors (Lipinski definition) is 3. The van der Waals surface area contributed by atoms with Crippen LogP contribution in [-0.4, -0.2) is 44.2 Å². The van der Waals surface area contributed by atoms with Crippen LogP contribution in [0.15, 0.2) is 127 Å². The van der Waals surface area contributed by atoms with E-state index in [0.717, 1.165) is 36.7 Å². The third-order valence-electron chi connectivity index (χ3n) is 25.4. The van der Waals surface area contributed by atoms with E-state index in [-0.39, 0.29) is 21.1 Å². The zero-order valence-corrected chi connectivity index (χ0v) is 84.4. The maximum atomic E-state index is 6.00. The summed E-state index contributed by atoms with van der Waals surface area (Å²) in [4.78, 5) is 2.64. The van der Waals surface area contributed by atoms with Crippen LogP contribution < -0.4 is 0 Å². The largest absolute Gasteiger partial charge is 3.00 e. The fourth-order valence-electron chi connectivity index (χ4n) is 18.0. The van der Waals surface area contributed by atoms with Crippen molar-refractivity contribution >= 4 is 17.1 Å². The molecule has 9 rings (SSSR count). The molecule has 0 spiro atoms. The van der Waals surface area contributed by atoms with E-state index in [2.05, 4.69) is 382 Å². The molecule has 1 radical (unpaired) electrons. The van der Waals surface area contributed by atoms with E-state index in [1.54, 1.807) is 0 Å². The summed E-state index contributed by atoms with van der Waals surface area (Å²) in [6.45, 7) is 89.5. The summed E-state index contributed by atoms with van der Waals surface area (Å²) in [5, 5.41) is 29.6. The van der Waals surface area contributed by atoms with Gasteiger partial charge in [-0.3, -0.25) is 0 Å². The molecule has 9 aromatic rings. The molecule has 0 aliphatic heterocycles. The van der Waals surface area contributed by atoms with E-state index >= 15 is 0 Å². The van der Waals surface area contributed by atoms with Gasteiger partial charge in [0.1, 0.15) is 0 Å². The van der Waals surface area contributed by atoms with Crippen molar-refractivity contribution < 1.29 is 21.1 Å². The number of benzene rings is 9. The quantitative estimate of drug-likeness (QED) is 0.0289. The van der Waals surface area contributed by atoms with Crippen LogP contribution in [-0.2, 0) is 21.1 Å². The van der Waals surface area contributed by atoms with Gasteiger partial charge in [0.2, 0.25) is 0 Å². The molecule has 0 saturated carbocycles. The third-order valence-corrected chi connectivity index (χ3v) is 25.4. The number of hydrogen-bond donors (Lipinski definition) is 0. The minimum absolute atomic E-state index is 0. The first kappa shape index (κ1) is 101. The van der Waals surface area contributed by atoms with Gasteiger partial charge in [-0.25, -0.2) is 0 Å². The monoisotopic (exact) mass is 1710 g/mol. The second-order valence-electron chi connectivity index (χ2n) is 41.0. The van der Waals surface area contributed by atoms with Gasteiger partial charge < -0.3 is 20.9 Å². The Bertz CT molecular complexity index is 4010. The van der Waals surface area contributed by atoms with Crippen molar-refractivity contribution in [1.82, 2.24) is 4.90 Å². The van der Waals surface area contributed by atoms with E-state index in [1.807, 2.05) is 0 Å². The Kier molecular flexibility index (Phi) is 36.4. The molecule has 0 atom stereocenters. The average molecular weight is 1710 g/mol. The van der Waals surface area contributed by atoms with E-state index in [9.17, 15) is 0 Å². The average Bonchev–Trinajstić information content (AvgIpc) is 0.767. The molecule has 0 bridgehead atoms. The topological polar surface area (TPSA) is 93.1 Å². The van der Waals surface area contributed by atoms with Crippen LogP contribution in [0, 0.1) is 10.8 Å². The first-order valence-electron chi connectivity index (χ1n) is 46.9. The predicted octanol–water partition coefficient (Wildman–Crippen LogP) is 36.7. The summed E-state index contributed by atoms with van der Waals surface area (Å²) in [5.74, 6) is 6.31. The molecule has 7 heteroatoms.